The molecule has 2 atom stereocenters. The number of rotatable bonds is 8. The Morgan fingerprint density at radius 2 is 0.742 bits per heavy atom. The van der Waals surface area contributed by atoms with Crippen LogP contribution in [-0.4, -0.2) is 37.1 Å². The van der Waals surface area contributed by atoms with Crippen molar-refractivity contribution in [3.8, 4) is 102 Å². The van der Waals surface area contributed by atoms with Gasteiger partial charge in [0, 0.05) is 40.2 Å². The maximum Gasteiger partial charge on any atom is 0.174 e. The van der Waals surface area contributed by atoms with Gasteiger partial charge in [0.15, 0.2) is 41.2 Å². The minimum absolute atomic E-state index is 0.332. The van der Waals surface area contributed by atoms with Crippen molar-refractivity contribution in [1.82, 2.24) is 24.9 Å². The van der Waals surface area contributed by atoms with Gasteiger partial charge in [-0.1, -0.05) is 121 Å². The molecule has 0 bridgehead atoms. The highest BCUT2D eigenvalue weighted by molar-refractivity contribution is 5.87. The fourth-order valence-electron chi connectivity index (χ4n) is 8.09. The number of ether oxygens (including phenoxy) is 2. The average molecular weight is 800 g/mol. The molecule has 3 aromatic heterocycles. The molecule has 0 N–H and O–H groups in total. The second-order valence-corrected chi connectivity index (χ2v) is 15.2. The van der Waals surface area contributed by atoms with Crippen molar-refractivity contribution >= 4 is 0 Å². The van der Waals surface area contributed by atoms with Crippen LogP contribution in [0.15, 0.2) is 213 Å². The second kappa shape index (κ2) is 16.0. The number of allylic oxidation sites excluding steroid dienone is 2. The third-order valence-electron chi connectivity index (χ3n) is 11.2. The van der Waals surface area contributed by atoms with Crippen molar-refractivity contribution in [2.45, 2.75) is 12.2 Å². The number of aromatic nitrogens is 5. The summed E-state index contributed by atoms with van der Waals surface area (Å²) in [4.78, 5) is 25.0. The quantitative estimate of drug-likeness (QED) is 0.151. The smallest absolute Gasteiger partial charge is 0.174 e. The molecule has 0 radical (unpaired) electrons. The van der Waals surface area contributed by atoms with E-state index in [-0.39, 0.29) is 12.2 Å². The first-order valence-corrected chi connectivity index (χ1v) is 20.6. The highest BCUT2D eigenvalue weighted by Gasteiger charge is 2.34. The maximum absolute atomic E-state index is 6.97. The molecule has 1 aliphatic carbocycles. The van der Waals surface area contributed by atoms with E-state index in [0.29, 0.717) is 34.5 Å². The summed E-state index contributed by atoms with van der Waals surface area (Å²) in [6.07, 6.45) is 11.0. The Morgan fingerprint density at radius 3 is 1.26 bits per heavy atom. The van der Waals surface area contributed by atoms with Gasteiger partial charge in [0.25, 0.3) is 0 Å². The summed E-state index contributed by atoms with van der Waals surface area (Å²) in [5.74, 6) is 2.73. The predicted octanol–water partition coefficient (Wildman–Crippen LogP) is 12.6. The molecule has 4 heterocycles. The molecule has 11 rings (SSSR count). The van der Waals surface area contributed by atoms with Crippen LogP contribution in [0.4, 0.5) is 0 Å². The molecule has 0 saturated heterocycles. The molecule has 6 aromatic carbocycles. The topological polar surface area (TPSA) is 82.9 Å². The van der Waals surface area contributed by atoms with E-state index in [4.69, 9.17) is 34.4 Å². The van der Waals surface area contributed by atoms with Crippen molar-refractivity contribution in [3.63, 3.8) is 0 Å². The van der Waals surface area contributed by atoms with Gasteiger partial charge < -0.3 is 9.47 Å². The van der Waals surface area contributed by atoms with Crippen LogP contribution in [0.1, 0.15) is 0 Å². The lowest BCUT2D eigenvalue weighted by molar-refractivity contribution is 0.0769. The first kappa shape index (κ1) is 36.8. The third kappa shape index (κ3) is 7.22. The Morgan fingerprint density at radius 1 is 0.323 bits per heavy atom. The molecule has 294 valence electrons. The fourth-order valence-corrected chi connectivity index (χ4v) is 8.09. The van der Waals surface area contributed by atoms with Crippen LogP contribution in [0, 0.1) is 0 Å². The van der Waals surface area contributed by atoms with Gasteiger partial charge in [-0.25, -0.2) is 15.0 Å². The van der Waals surface area contributed by atoms with Crippen LogP contribution >= 0.6 is 0 Å². The summed E-state index contributed by atoms with van der Waals surface area (Å²) in [7, 11) is 0. The largest absolute Gasteiger partial charge is 0.478 e. The van der Waals surface area contributed by atoms with Crippen molar-refractivity contribution < 1.29 is 9.47 Å². The molecule has 2 unspecified atom stereocenters. The van der Waals surface area contributed by atoms with Gasteiger partial charge in [0.2, 0.25) is 0 Å². The standard InChI is InChI=1S/C55H37N5O2/c1-3-15-36(16-4-1)38-19-13-21-40(31-38)53-58-54(41-22-14-20-39(32-41)37-17-5-2-6-18-37)60-55(59-53)46-28-27-45(51-52(46)62-50-26-8-7-25-49(50)61-51)42-33-43(47-23-9-11-29-56-47)35-44(34-42)48-24-10-12-30-57-48/h1-35,49-50H. The Kier molecular flexibility index (Phi) is 9.52. The molecule has 7 heteroatoms. The lowest BCUT2D eigenvalue weighted by Crippen LogP contribution is -2.38. The molecule has 0 saturated carbocycles. The van der Waals surface area contributed by atoms with Crippen LogP contribution in [0.5, 0.6) is 11.5 Å². The summed E-state index contributed by atoms with van der Waals surface area (Å²) >= 11 is 0. The molecular weight excluding hydrogens is 763 g/mol. The van der Waals surface area contributed by atoms with Gasteiger partial charge >= 0.3 is 0 Å². The van der Waals surface area contributed by atoms with Gasteiger partial charge in [-0.05, 0) is 107 Å². The highest BCUT2D eigenvalue weighted by atomic mass is 16.6. The lowest BCUT2D eigenvalue weighted by Gasteiger charge is -2.34. The van der Waals surface area contributed by atoms with E-state index in [0.717, 1.165) is 67.0 Å². The zero-order chi connectivity index (χ0) is 41.2. The summed E-state index contributed by atoms with van der Waals surface area (Å²) in [5, 5.41) is 0. The number of nitrogens with zero attached hydrogens (tertiary/aromatic N) is 5. The summed E-state index contributed by atoms with van der Waals surface area (Å²) in [5.41, 5.74) is 12.2. The van der Waals surface area contributed by atoms with E-state index in [1.807, 2.05) is 140 Å². The van der Waals surface area contributed by atoms with Crippen LogP contribution in [0.25, 0.3) is 90.1 Å². The fraction of sp³-hybridized carbons (Fsp3) is 0.0364. The van der Waals surface area contributed by atoms with E-state index < -0.39 is 0 Å². The maximum atomic E-state index is 6.97. The summed E-state index contributed by atoms with van der Waals surface area (Å²) in [6.45, 7) is 0. The Hall–Kier alpha value is -8.29. The van der Waals surface area contributed by atoms with Gasteiger partial charge in [-0.2, -0.15) is 0 Å². The molecule has 62 heavy (non-hydrogen) atoms. The molecule has 9 aromatic rings. The monoisotopic (exact) mass is 799 g/mol. The number of benzene rings is 6. The normalized spacial score (nSPS) is 14.9. The molecule has 1 aliphatic heterocycles. The molecule has 7 nitrogen and oxygen atoms in total. The first-order chi connectivity index (χ1) is 30.7. The van der Waals surface area contributed by atoms with Crippen LogP contribution in [-0.2, 0) is 0 Å². The van der Waals surface area contributed by atoms with Gasteiger partial charge in [0.1, 0.15) is 0 Å². The highest BCUT2D eigenvalue weighted by Crippen LogP contribution is 2.49. The Labute approximate surface area is 359 Å². The van der Waals surface area contributed by atoms with E-state index in [1.165, 1.54) is 0 Å². The Bertz CT molecular complexity index is 2980. The number of fused-ring (bicyclic) bond motifs is 2. The van der Waals surface area contributed by atoms with Gasteiger partial charge in [-0.3, -0.25) is 9.97 Å². The minimum atomic E-state index is -0.351. The number of pyridine rings is 2. The van der Waals surface area contributed by atoms with E-state index >= 15 is 0 Å². The third-order valence-corrected chi connectivity index (χ3v) is 11.2. The van der Waals surface area contributed by atoms with Crippen molar-refractivity contribution in [2.75, 3.05) is 0 Å². The van der Waals surface area contributed by atoms with Crippen LogP contribution in [0.3, 0.4) is 0 Å². The zero-order valence-corrected chi connectivity index (χ0v) is 33.4. The Balaban J connectivity index is 1.11. The van der Waals surface area contributed by atoms with Gasteiger partial charge in [0.05, 0.1) is 17.0 Å². The number of hydrogen-bond donors (Lipinski definition) is 0. The SMILES string of the molecule is C1=CC2Oc3c(-c4cc(-c5ccccn5)cc(-c5ccccn5)c4)ccc(-c4nc(-c5cccc(-c6ccccc6)c5)nc(-c5cccc(-c6ccccc6)c5)n4)c3OC2C=C1. The molecule has 0 fully saturated rings. The predicted molar refractivity (Wildman–Crippen MR) is 246 cm³/mol. The van der Waals surface area contributed by atoms with Crippen LogP contribution in [0.2, 0.25) is 0 Å². The lowest BCUT2D eigenvalue weighted by atomic mass is 9.94. The van der Waals surface area contributed by atoms with E-state index in [9.17, 15) is 0 Å². The minimum Gasteiger partial charge on any atom is -0.478 e. The summed E-state index contributed by atoms with van der Waals surface area (Å²) < 4.78 is 13.9. The number of hydrogen-bond acceptors (Lipinski definition) is 7. The van der Waals surface area contributed by atoms with Crippen molar-refractivity contribution in [3.05, 3.63) is 213 Å². The molecule has 2 aliphatic rings. The zero-order valence-electron chi connectivity index (χ0n) is 33.4. The van der Waals surface area contributed by atoms with Crippen LogP contribution < -0.4 is 9.47 Å². The van der Waals surface area contributed by atoms with Crippen molar-refractivity contribution in [1.29, 1.82) is 0 Å². The summed E-state index contributed by atoms with van der Waals surface area (Å²) in [6, 6.07) is 59.8. The first-order valence-electron chi connectivity index (χ1n) is 20.6. The molecule has 0 spiro atoms. The molecular formula is C55H37N5O2. The van der Waals surface area contributed by atoms with E-state index in [2.05, 4.69) is 72.8 Å². The second-order valence-electron chi connectivity index (χ2n) is 15.2. The van der Waals surface area contributed by atoms with E-state index in [1.54, 1.807) is 0 Å². The average Bonchev–Trinajstić information content (AvgIpc) is 3.36. The van der Waals surface area contributed by atoms with Crippen molar-refractivity contribution in [2.24, 2.45) is 0 Å². The van der Waals surface area contributed by atoms with Gasteiger partial charge in [-0.15, -0.1) is 0 Å². The molecule has 0 amide bonds.